The summed E-state index contributed by atoms with van der Waals surface area (Å²) in [6.07, 6.45) is 10.6. The van der Waals surface area contributed by atoms with E-state index in [1.54, 1.807) is 12.1 Å². The van der Waals surface area contributed by atoms with Gasteiger partial charge >= 0.3 is 6.09 Å². The van der Waals surface area contributed by atoms with Crippen LogP contribution in [0.5, 0.6) is 6.01 Å². The van der Waals surface area contributed by atoms with Gasteiger partial charge in [-0.3, -0.25) is 28.5 Å². The summed E-state index contributed by atoms with van der Waals surface area (Å²) in [5.41, 5.74) is -1.30. The van der Waals surface area contributed by atoms with E-state index in [1.165, 1.54) is 15.5 Å². The van der Waals surface area contributed by atoms with Crippen LogP contribution in [0.3, 0.4) is 0 Å². The summed E-state index contributed by atoms with van der Waals surface area (Å²) < 4.78 is 41.7. The van der Waals surface area contributed by atoms with Crippen LogP contribution < -0.4 is 25.7 Å². The first-order valence-corrected chi connectivity index (χ1v) is 22.4. The maximum Gasteiger partial charge on any atom is 0.408 e. The summed E-state index contributed by atoms with van der Waals surface area (Å²) >= 11 is 0. The second-order valence-electron chi connectivity index (χ2n) is 16.9. The number of hydrogen-bond donors (Lipinski definition) is 3. The van der Waals surface area contributed by atoms with Gasteiger partial charge in [-0.05, 0) is 100 Å². The van der Waals surface area contributed by atoms with Gasteiger partial charge in [0.25, 0.3) is 17.5 Å². The minimum absolute atomic E-state index is 0.0453. The van der Waals surface area contributed by atoms with E-state index in [2.05, 4.69) is 26.4 Å². The average molecular weight is 818 g/mol. The van der Waals surface area contributed by atoms with Gasteiger partial charge in [0.15, 0.2) is 0 Å². The number of benzene rings is 1. The molecule has 1 aromatic carbocycles. The molecule has 2 aliphatic heterocycles. The van der Waals surface area contributed by atoms with Gasteiger partial charge < -0.3 is 25.0 Å². The number of nitrogens with one attached hydrogen (secondary N) is 3. The third-order valence-corrected chi connectivity index (χ3v) is 15.0. The van der Waals surface area contributed by atoms with Crippen molar-refractivity contribution < 1.29 is 37.1 Å². The van der Waals surface area contributed by atoms with E-state index in [0.29, 0.717) is 55.9 Å². The molecule has 310 valence electrons. The van der Waals surface area contributed by atoms with Gasteiger partial charge in [0.05, 0.1) is 34.3 Å². The predicted molar refractivity (Wildman–Crippen MR) is 209 cm³/mol. The highest BCUT2D eigenvalue weighted by atomic mass is 32.2. The minimum atomic E-state index is -3.90. The molecule has 1 aromatic heterocycles. The number of nitrogens with zero attached hydrogens (tertiary/aromatic N) is 4. The van der Waals surface area contributed by atoms with E-state index in [1.807, 2.05) is 19.1 Å². The molecule has 4 saturated carbocycles. The topological polar surface area (TPSA) is 219 Å². The van der Waals surface area contributed by atoms with Crippen molar-refractivity contribution in [2.24, 2.45) is 17.8 Å². The van der Waals surface area contributed by atoms with Crippen molar-refractivity contribution in [2.45, 2.75) is 138 Å². The van der Waals surface area contributed by atoms with Gasteiger partial charge in [-0.25, -0.2) is 13.2 Å². The number of alkyl carbamates (subject to hydrolysis) is 1. The van der Waals surface area contributed by atoms with Crippen molar-refractivity contribution in [3.05, 3.63) is 46.3 Å². The molecule has 8 rings (SSSR count). The van der Waals surface area contributed by atoms with E-state index in [9.17, 15) is 37.7 Å². The largest absolute Gasteiger partial charge is 0.459 e. The second-order valence-corrected chi connectivity index (χ2v) is 18.9. The maximum absolute atomic E-state index is 14.9. The van der Waals surface area contributed by atoms with Crippen LogP contribution in [0, 0.1) is 29.1 Å². The molecule has 0 radical (unpaired) electrons. The van der Waals surface area contributed by atoms with Crippen molar-refractivity contribution in [3.63, 3.8) is 0 Å². The number of ether oxygens (including phenoxy) is 2. The Balaban J connectivity index is 1.15. The fourth-order valence-electron chi connectivity index (χ4n) is 9.59. The number of carbonyl (C=O) groups excluding carboxylic acids is 4. The minimum Gasteiger partial charge on any atom is -0.459 e. The number of hydrogen-bond acceptors (Lipinski definition) is 11. The van der Waals surface area contributed by atoms with Crippen LogP contribution in [0.25, 0.3) is 10.9 Å². The Bertz CT molecular complexity index is 2230. The van der Waals surface area contributed by atoms with Crippen LogP contribution in [-0.2, 0) is 35.7 Å². The number of nitriles is 1. The first-order valence-electron chi connectivity index (χ1n) is 20.8. The number of fused-ring (bicyclic) bond motifs is 5. The standard InChI is InChI=1S/C41H51N7O9S/c1-2-27-21-41(27,38(52)46-58(54,55)29-15-16-29)45-35(49)32-20-28-23-48(32)37(51)34(26-10-5-6-11-26)44-40(53)57-33-13-8-12-25(33)9-4-3-7-18-47-36(50)30-17-14-24(22-42)19-31(30)43-39(47)56-28/h3,7,14,17,19,25-29,32-34H,2,4-6,8-13,15-16,18,20-21,23H2,1H3,(H,44,53)(H,45,49)(H,46,52)/b7-3-/t25-,27-,28-,32+,33-,34+,41-/m1/s1. The third-order valence-electron chi connectivity index (χ3n) is 13.1. The summed E-state index contributed by atoms with van der Waals surface area (Å²) in [5, 5.41) is 15.0. The molecule has 17 heteroatoms. The molecule has 2 bridgehead atoms. The maximum atomic E-state index is 14.9. The molecule has 16 nitrogen and oxygen atoms in total. The molecule has 7 atom stereocenters. The summed E-state index contributed by atoms with van der Waals surface area (Å²) in [6, 6.07) is 4.46. The van der Waals surface area contributed by atoms with Crippen LogP contribution in [-0.4, -0.2) is 88.3 Å². The second kappa shape index (κ2) is 16.0. The van der Waals surface area contributed by atoms with Gasteiger partial charge in [0.1, 0.15) is 29.8 Å². The van der Waals surface area contributed by atoms with Crippen molar-refractivity contribution in [2.75, 3.05) is 6.54 Å². The van der Waals surface area contributed by atoms with Gasteiger partial charge in [-0.2, -0.15) is 10.2 Å². The summed E-state index contributed by atoms with van der Waals surface area (Å²) in [5.74, 6) is -2.37. The number of allylic oxidation sites excluding steroid dienone is 2. The van der Waals surface area contributed by atoms with Crippen LogP contribution in [0.2, 0.25) is 0 Å². The van der Waals surface area contributed by atoms with E-state index >= 15 is 0 Å². The summed E-state index contributed by atoms with van der Waals surface area (Å²) in [6.45, 7) is 1.86. The zero-order valence-corrected chi connectivity index (χ0v) is 33.5. The SMILES string of the molecule is CC[C@@H]1C[C@]1(NC(=O)[C@@H]1C[C@@H]2CN1C(=O)[C@H](C1CCCC1)NC(=O)O[C@@H]1CCC[C@H]1CC/C=C\Cn1c(nc3cc(C#N)ccc3c1=O)O2)C(=O)NS(=O)(=O)C1CC1. The quantitative estimate of drug-likeness (QED) is 0.344. The normalized spacial score (nSPS) is 31.1. The van der Waals surface area contributed by atoms with Crippen molar-refractivity contribution in [1.29, 1.82) is 5.26 Å². The molecule has 3 heterocycles. The molecule has 0 unspecified atom stereocenters. The van der Waals surface area contributed by atoms with Crippen LogP contribution in [0.1, 0.15) is 102 Å². The lowest BCUT2D eigenvalue weighted by molar-refractivity contribution is -0.142. The highest BCUT2D eigenvalue weighted by Crippen LogP contribution is 2.47. The van der Waals surface area contributed by atoms with Gasteiger partial charge in [0, 0.05) is 13.0 Å². The molecule has 2 aromatic rings. The lowest BCUT2D eigenvalue weighted by Gasteiger charge is -2.32. The Hall–Kier alpha value is -4.98. The van der Waals surface area contributed by atoms with Crippen molar-refractivity contribution in [3.8, 4) is 12.1 Å². The monoisotopic (exact) mass is 817 g/mol. The van der Waals surface area contributed by atoms with Gasteiger partial charge in [0.2, 0.25) is 21.8 Å². The van der Waals surface area contributed by atoms with E-state index < -0.39 is 62.8 Å². The number of amides is 4. The highest BCUT2D eigenvalue weighted by Gasteiger charge is 2.62. The molecule has 6 aliphatic rings. The Morgan fingerprint density at radius 1 is 1.02 bits per heavy atom. The third kappa shape index (κ3) is 7.91. The molecule has 0 spiro atoms. The fraction of sp³-hybridized carbons (Fsp3) is 0.634. The van der Waals surface area contributed by atoms with E-state index in [4.69, 9.17) is 9.47 Å². The van der Waals surface area contributed by atoms with Crippen molar-refractivity contribution in [1.82, 2.24) is 29.8 Å². The first kappa shape index (κ1) is 39.8. The number of rotatable bonds is 7. The lowest BCUT2D eigenvalue weighted by atomic mass is 9.96. The summed E-state index contributed by atoms with van der Waals surface area (Å²) in [4.78, 5) is 76.7. The number of carbonyl (C=O) groups is 4. The van der Waals surface area contributed by atoms with Gasteiger partial charge in [-0.15, -0.1) is 0 Å². The molecular formula is C41H51N7O9S. The van der Waals surface area contributed by atoms with Crippen LogP contribution in [0.4, 0.5) is 4.79 Å². The molecule has 4 aliphatic carbocycles. The zero-order chi connectivity index (χ0) is 40.8. The first-order chi connectivity index (χ1) is 27.9. The molecule has 1 saturated heterocycles. The Morgan fingerprint density at radius 2 is 1.79 bits per heavy atom. The predicted octanol–water partition coefficient (Wildman–Crippen LogP) is 3.31. The zero-order valence-electron chi connectivity index (χ0n) is 32.7. The Morgan fingerprint density at radius 3 is 2.52 bits per heavy atom. The van der Waals surface area contributed by atoms with E-state index in [-0.39, 0.29) is 66.9 Å². The van der Waals surface area contributed by atoms with Crippen molar-refractivity contribution >= 4 is 44.7 Å². The number of sulfonamides is 1. The Kier molecular flexibility index (Phi) is 11.0. The lowest BCUT2D eigenvalue weighted by Crippen LogP contribution is -2.59. The number of aromatic nitrogens is 2. The molecule has 3 N–H and O–H groups in total. The fourth-order valence-corrected chi connectivity index (χ4v) is 11.0. The molecule has 58 heavy (non-hydrogen) atoms. The average Bonchev–Trinajstić information content (AvgIpc) is 3.99. The van der Waals surface area contributed by atoms with E-state index in [0.717, 1.165) is 32.1 Å². The smallest absolute Gasteiger partial charge is 0.408 e. The summed E-state index contributed by atoms with van der Waals surface area (Å²) in [7, 11) is -3.90. The van der Waals surface area contributed by atoms with Crippen LogP contribution >= 0.6 is 0 Å². The molecular weight excluding hydrogens is 767 g/mol. The van der Waals surface area contributed by atoms with Gasteiger partial charge in [-0.1, -0.05) is 38.3 Å². The van der Waals surface area contributed by atoms with Crippen LogP contribution in [0.15, 0.2) is 35.1 Å². The Labute approximate surface area is 337 Å². The molecule has 5 fully saturated rings. The highest BCUT2D eigenvalue weighted by molar-refractivity contribution is 7.91. The molecule has 4 amide bonds.